The fourth-order valence-electron chi connectivity index (χ4n) is 3.95. The predicted molar refractivity (Wildman–Crippen MR) is 140 cm³/mol. The number of ether oxygens (including phenoxy) is 1. The van der Waals surface area contributed by atoms with Crippen molar-refractivity contribution in [1.82, 2.24) is 20.3 Å². The zero-order chi connectivity index (χ0) is 26.6. The van der Waals surface area contributed by atoms with E-state index >= 15 is 0 Å². The van der Waals surface area contributed by atoms with Gasteiger partial charge in [-0.05, 0) is 42.0 Å². The standard InChI is InChI=1S/C26H22ClFN6O4/c27-20-5-4-16(23(35)29-13-15-2-1-3-18(28)10-15)12-21(20)31-24(36)19-11-17-14-30-26(33-22(17)32-25(19)37)34-6-8-38-9-7-34/h1-5,10-12,14H,6-9,13H2,(H,29,35)(H,31,36)(H,30,32,33,37). The van der Waals surface area contributed by atoms with Gasteiger partial charge in [-0.25, -0.2) is 9.37 Å². The molecule has 1 saturated heterocycles. The molecule has 0 unspecified atom stereocenters. The van der Waals surface area contributed by atoms with Gasteiger partial charge in [0.1, 0.15) is 17.0 Å². The second kappa shape index (κ2) is 11.0. The lowest BCUT2D eigenvalue weighted by atomic mass is 10.1. The van der Waals surface area contributed by atoms with Crippen LogP contribution in [0.2, 0.25) is 5.02 Å². The molecule has 194 valence electrons. The summed E-state index contributed by atoms with van der Waals surface area (Å²) >= 11 is 6.24. The predicted octanol–water partition coefficient (Wildman–Crippen LogP) is 3.13. The number of morpholine rings is 1. The Labute approximate surface area is 220 Å². The number of H-pyrrole nitrogens is 1. The number of benzene rings is 2. The van der Waals surface area contributed by atoms with Crippen molar-refractivity contribution in [2.24, 2.45) is 0 Å². The molecule has 0 radical (unpaired) electrons. The molecule has 1 fully saturated rings. The van der Waals surface area contributed by atoms with Gasteiger partial charge in [-0.1, -0.05) is 23.7 Å². The van der Waals surface area contributed by atoms with Gasteiger partial charge in [-0.2, -0.15) is 4.98 Å². The van der Waals surface area contributed by atoms with E-state index in [0.717, 1.165) is 0 Å². The molecule has 1 aliphatic rings. The number of rotatable bonds is 6. The molecular weight excluding hydrogens is 515 g/mol. The summed E-state index contributed by atoms with van der Waals surface area (Å²) in [6.45, 7) is 2.52. The molecule has 0 saturated carbocycles. The summed E-state index contributed by atoms with van der Waals surface area (Å²) in [5, 5.41) is 5.93. The van der Waals surface area contributed by atoms with Crippen LogP contribution in [-0.4, -0.2) is 53.1 Å². The van der Waals surface area contributed by atoms with Crippen LogP contribution >= 0.6 is 11.6 Å². The lowest BCUT2D eigenvalue weighted by molar-refractivity contribution is 0.0949. The molecule has 2 amide bonds. The van der Waals surface area contributed by atoms with Gasteiger partial charge in [0.2, 0.25) is 5.95 Å². The van der Waals surface area contributed by atoms with Gasteiger partial charge in [0, 0.05) is 36.8 Å². The zero-order valence-corrected chi connectivity index (χ0v) is 20.7. The number of carbonyl (C=O) groups is 2. The Morgan fingerprint density at radius 2 is 1.92 bits per heavy atom. The number of hydrogen-bond donors (Lipinski definition) is 3. The topological polar surface area (TPSA) is 129 Å². The van der Waals surface area contributed by atoms with Crippen molar-refractivity contribution < 1.29 is 18.7 Å². The maximum absolute atomic E-state index is 13.4. The average molecular weight is 537 g/mol. The average Bonchev–Trinajstić information content (AvgIpc) is 2.92. The third-order valence-electron chi connectivity index (χ3n) is 5.94. The van der Waals surface area contributed by atoms with Gasteiger partial charge < -0.3 is 25.3 Å². The molecule has 0 bridgehead atoms. The summed E-state index contributed by atoms with van der Waals surface area (Å²) in [4.78, 5) is 51.7. The first kappa shape index (κ1) is 25.3. The van der Waals surface area contributed by atoms with Crippen LogP contribution in [0.5, 0.6) is 0 Å². The van der Waals surface area contributed by atoms with E-state index in [1.807, 2.05) is 4.90 Å². The third kappa shape index (κ3) is 5.63. The number of nitrogens with one attached hydrogen (secondary N) is 3. The Bertz CT molecular complexity index is 1590. The number of fused-ring (bicyclic) bond motifs is 1. The maximum Gasteiger partial charge on any atom is 0.262 e. The Kier molecular flexibility index (Phi) is 7.29. The smallest absolute Gasteiger partial charge is 0.262 e. The molecule has 4 aromatic rings. The quantitative estimate of drug-likeness (QED) is 0.345. The molecule has 3 heterocycles. The van der Waals surface area contributed by atoms with Crippen LogP contribution in [0.3, 0.4) is 0 Å². The molecule has 3 N–H and O–H groups in total. The summed E-state index contributed by atoms with van der Waals surface area (Å²) in [5.74, 6) is -1.10. The van der Waals surface area contributed by atoms with E-state index in [1.54, 1.807) is 12.1 Å². The first-order valence-corrected chi connectivity index (χ1v) is 12.1. The van der Waals surface area contributed by atoms with Gasteiger partial charge in [-0.3, -0.25) is 14.4 Å². The number of carbonyl (C=O) groups excluding carboxylic acids is 2. The largest absolute Gasteiger partial charge is 0.378 e. The van der Waals surface area contributed by atoms with Gasteiger partial charge in [0.15, 0.2) is 0 Å². The fraction of sp³-hybridized carbons (Fsp3) is 0.192. The number of anilines is 2. The molecule has 1 aliphatic heterocycles. The SMILES string of the molecule is O=C(NCc1cccc(F)c1)c1ccc(Cl)c(NC(=O)c2cc3cnc(N4CCOCC4)nc3[nH]c2=O)c1. The third-order valence-corrected chi connectivity index (χ3v) is 6.27. The lowest BCUT2D eigenvalue weighted by Gasteiger charge is -2.26. The van der Waals surface area contributed by atoms with Gasteiger partial charge in [0.05, 0.1) is 23.9 Å². The van der Waals surface area contributed by atoms with Crippen molar-refractivity contribution >= 4 is 46.1 Å². The summed E-state index contributed by atoms with van der Waals surface area (Å²) in [6, 6.07) is 11.6. The van der Waals surface area contributed by atoms with Crippen LogP contribution in [0.15, 0.2) is 59.5 Å². The minimum absolute atomic E-state index is 0.114. The number of nitrogens with zero attached hydrogens (tertiary/aromatic N) is 3. The second-order valence-electron chi connectivity index (χ2n) is 8.55. The number of pyridine rings is 1. The van der Waals surface area contributed by atoms with E-state index in [9.17, 15) is 18.8 Å². The first-order valence-electron chi connectivity index (χ1n) is 11.7. The Morgan fingerprint density at radius 3 is 2.71 bits per heavy atom. The normalized spacial score (nSPS) is 13.4. The fourth-order valence-corrected chi connectivity index (χ4v) is 4.12. The highest BCUT2D eigenvalue weighted by Gasteiger charge is 2.18. The molecule has 2 aromatic carbocycles. The first-order chi connectivity index (χ1) is 18.4. The van der Waals surface area contributed by atoms with Crippen molar-refractivity contribution in [3.63, 3.8) is 0 Å². The summed E-state index contributed by atoms with van der Waals surface area (Å²) in [7, 11) is 0. The van der Waals surface area contributed by atoms with Crippen LogP contribution < -0.4 is 21.1 Å². The van der Waals surface area contributed by atoms with Crippen molar-refractivity contribution in [3.8, 4) is 0 Å². The minimum Gasteiger partial charge on any atom is -0.378 e. The number of halogens is 2. The van der Waals surface area contributed by atoms with Crippen LogP contribution in [0.1, 0.15) is 26.3 Å². The summed E-state index contributed by atoms with van der Waals surface area (Å²) < 4.78 is 18.7. The molecule has 0 spiro atoms. The number of aromatic nitrogens is 3. The van der Waals surface area contributed by atoms with Crippen LogP contribution in [0, 0.1) is 5.82 Å². The molecule has 38 heavy (non-hydrogen) atoms. The van der Waals surface area contributed by atoms with Gasteiger partial charge >= 0.3 is 0 Å². The highest BCUT2D eigenvalue weighted by atomic mass is 35.5. The van der Waals surface area contributed by atoms with Crippen LogP contribution in [0.25, 0.3) is 11.0 Å². The minimum atomic E-state index is -0.718. The summed E-state index contributed by atoms with van der Waals surface area (Å²) in [5.41, 5.74) is 0.459. The van der Waals surface area contributed by atoms with Gasteiger partial charge in [0.25, 0.3) is 17.4 Å². The Hall–Kier alpha value is -4.35. The molecule has 2 aromatic heterocycles. The highest BCUT2D eigenvalue weighted by Crippen LogP contribution is 2.24. The Balaban J connectivity index is 1.32. The van der Waals surface area contributed by atoms with E-state index in [0.29, 0.717) is 48.8 Å². The molecule has 12 heteroatoms. The zero-order valence-electron chi connectivity index (χ0n) is 20.0. The van der Waals surface area contributed by atoms with E-state index in [-0.39, 0.29) is 28.4 Å². The second-order valence-corrected chi connectivity index (χ2v) is 8.95. The number of amides is 2. The highest BCUT2D eigenvalue weighted by molar-refractivity contribution is 6.34. The van der Waals surface area contributed by atoms with E-state index < -0.39 is 23.2 Å². The van der Waals surface area contributed by atoms with Crippen molar-refractivity contribution in [3.05, 3.63) is 92.6 Å². The maximum atomic E-state index is 13.4. The van der Waals surface area contributed by atoms with Crippen molar-refractivity contribution in [1.29, 1.82) is 0 Å². The summed E-state index contributed by atoms with van der Waals surface area (Å²) in [6.07, 6.45) is 1.54. The van der Waals surface area contributed by atoms with E-state index in [1.165, 1.54) is 42.6 Å². The number of aromatic amines is 1. The van der Waals surface area contributed by atoms with Gasteiger partial charge in [-0.15, -0.1) is 0 Å². The molecular formula is C26H22ClFN6O4. The van der Waals surface area contributed by atoms with Crippen molar-refractivity contribution in [2.75, 3.05) is 36.5 Å². The van der Waals surface area contributed by atoms with E-state index in [4.69, 9.17) is 16.3 Å². The number of hydrogen-bond acceptors (Lipinski definition) is 7. The Morgan fingerprint density at radius 1 is 1.11 bits per heavy atom. The molecule has 0 atom stereocenters. The lowest BCUT2D eigenvalue weighted by Crippen LogP contribution is -2.37. The van der Waals surface area contributed by atoms with E-state index in [2.05, 4.69) is 25.6 Å². The van der Waals surface area contributed by atoms with Crippen LogP contribution in [0.4, 0.5) is 16.0 Å². The monoisotopic (exact) mass is 536 g/mol. The molecule has 0 aliphatic carbocycles. The molecule has 5 rings (SSSR count). The van der Waals surface area contributed by atoms with Crippen LogP contribution in [-0.2, 0) is 11.3 Å². The van der Waals surface area contributed by atoms with Crippen molar-refractivity contribution in [2.45, 2.75) is 6.54 Å². The molecule has 10 nitrogen and oxygen atoms in total.